The van der Waals surface area contributed by atoms with E-state index < -0.39 is 0 Å². The smallest absolute Gasteiger partial charge is 0.160 e. The summed E-state index contributed by atoms with van der Waals surface area (Å²) in [6.07, 6.45) is 8.93. The number of aromatic nitrogens is 2. The minimum Gasteiger partial charge on any atom is -0.333 e. The monoisotopic (exact) mass is 475 g/mol. The van der Waals surface area contributed by atoms with Crippen LogP contribution in [0.15, 0.2) is 140 Å². The molecule has 0 fully saturated rings. The van der Waals surface area contributed by atoms with E-state index in [1.165, 1.54) is 16.9 Å². The van der Waals surface area contributed by atoms with Gasteiger partial charge in [0, 0.05) is 34.0 Å². The summed E-state index contributed by atoms with van der Waals surface area (Å²) >= 11 is 0. The Kier molecular flexibility index (Phi) is 5.25. The summed E-state index contributed by atoms with van der Waals surface area (Å²) in [5.41, 5.74) is 8.83. The number of fused-ring (bicyclic) bond motifs is 3. The zero-order valence-corrected chi connectivity index (χ0v) is 20.3. The van der Waals surface area contributed by atoms with Gasteiger partial charge in [-0.05, 0) is 42.0 Å². The van der Waals surface area contributed by atoms with E-state index in [1.807, 2.05) is 36.4 Å². The van der Waals surface area contributed by atoms with Crippen LogP contribution in [0.3, 0.4) is 0 Å². The molecule has 4 aromatic carbocycles. The zero-order valence-electron chi connectivity index (χ0n) is 20.3. The second-order valence-corrected chi connectivity index (χ2v) is 9.46. The Balaban J connectivity index is 1.30. The highest BCUT2D eigenvalue weighted by Crippen LogP contribution is 2.47. The molecule has 3 heteroatoms. The first-order valence-electron chi connectivity index (χ1n) is 12.7. The molecule has 2 heterocycles. The second kappa shape index (κ2) is 9.03. The minimum absolute atomic E-state index is 0.288. The molecule has 0 spiro atoms. The maximum Gasteiger partial charge on any atom is 0.160 e. The van der Waals surface area contributed by atoms with Crippen molar-refractivity contribution in [2.75, 3.05) is 4.90 Å². The fraction of sp³-hybridized carbons (Fsp3) is 0.0588. The third-order valence-corrected chi connectivity index (χ3v) is 7.23. The molecule has 37 heavy (non-hydrogen) atoms. The average Bonchev–Trinajstić information content (AvgIpc) is 3.32. The van der Waals surface area contributed by atoms with Crippen molar-refractivity contribution < 1.29 is 0 Å². The summed E-state index contributed by atoms with van der Waals surface area (Å²) in [7, 11) is 0. The van der Waals surface area contributed by atoms with Gasteiger partial charge in [0.05, 0.1) is 17.4 Å². The van der Waals surface area contributed by atoms with Gasteiger partial charge < -0.3 is 4.90 Å². The molecule has 5 aromatic rings. The van der Waals surface area contributed by atoms with Crippen LogP contribution in [0.4, 0.5) is 11.4 Å². The number of anilines is 2. The first-order valence-corrected chi connectivity index (χ1v) is 12.7. The standard InChI is InChI=1S/C34H25N3/c1-3-11-24(12-4-1)30-23-31(25-13-5-2-6-14-25)36-34(35-30)26-19-21-27(22-20-26)37-32-17-9-7-15-28(32)29-16-8-10-18-33(29)37/h1-23,28,32H. The molecular weight excluding hydrogens is 450 g/mol. The van der Waals surface area contributed by atoms with Crippen molar-refractivity contribution in [1.82, 2.24) is 9.97 Å². The molecule has 3 nitrogen and oxygen atoms in total. The van der Waals surface area contributed by atoms with Crippen molar-refractivity contribution >= 4 is 11.4 Å². The molecule has 1 aliphatic heterocycles. The lowest BCUT2D eigenvalue weighted by Gasteiger charge is -2.28. The predicted molar refractivity (Wildman–Crippen MR) is 152 cm³/mol. The van der Waals surface area contributed by atoms with E-state index in [2.05, 4.69) is 108 Å². The molecule has 2 aliphatic rings. The van der Waals surface area contributed by atoms with Gasteiger partial charge in [0.25, 0.3) is 0 Å². The van der Waals surface area contributed by atoms with Crippen LogP contribution in [0, 0.1) is 0 Å². The average molecular weight is 476 g/mol. The molecule has 0 N–H and O–H groups in total. The highest BCUT2D eigenvalue weighted by molar-refractivity contribution is 5.77. The van der Waals surface area contributed by atoms with Gasteiger partial charge in [0.15, 0.2) is 5.82 Å². The largest absolute Gasteiger partial charge is 0.333 e. The van der Waals surface area contributed by atoms with Crippen molar-refractivity contribution in [3.8, 4) is 33.9 Å². The van der Waals surface area contributed by atoms with E-state index in [0.29, 0.717) is 5.92 Å². The quantitative estimate of drug-likeness (QED) is 0.262. The third kappa shape index (κ3) is 3.85. The lowest BCUT2D eigenvalue weighted by molar-refractivity contribution is 0.745. The summed E-state index contributed by atoms with van der Waals surface area (Å²) in [4.78, 5) is 12.4. The number of nitrogens with zero attached hydrogens (tertiary/aromatic N) is 3. The number of benzene rings is 4. The van der Waals surface area contributed by atoms with Crippen molar-refractivity contribution in [1.29, 1.82) is 0 Å². The maximum absolute atomic E-state index is 4.98. The number of rotatable bonds is 4. The molecule has 0 saturated carbocycles. The number of hydrogen-bond donors (Lipinski definition) is 0. The van der Waals surface area contributed by atoms with Gasteiger partial charge in [-0.3, -0.25) is 0 Å². The molecule has 2 unspecified atom stereocenters. The van der Waals surface area contributed by atoms with Gasteiger partial charge in [-0.15, -0.1) is 0 Å². The van der Waals surface area contributed by atoms with Crippen LogP contribution in [0.25, 0.3) is 33.9 Å². The van der Waals surface area contributed by atoms with E-state index >= 15 is 0 Å². The summed E-state index contributed by atoms with van der Waals surface area (Å²) in [5.74, 6) is 1.10. The van der Waals surface area contributed by atoms with Crippen LogP contribution in [0.1, 0.15) is 11.5 Å². The molecular formula is C34H25N3. The molecule has 0 bridgehead atoms. The van der Waals surface area contributed by atoms with E-state index in [1.54, 1.807) is 0 Å². The van der Waals surface area contributed by atoms with Crippen molar-refractivity contribution in [3.05, 3.63) is 145 Å². The highest BCUT2D eigenvalue weighted by atomic mass is 15.2. The minimum atomic E-state index is 0.288. The van der Waals surface area contributed by atoms with Crippen LogP contribution < -0.4 is 4.90 Å². The summed E-state index contributed by atoms with van der Waals surface area (Å²) in [6.45, 7) is 0. The van der Waals surface area contributed by atoms with Crippen LogP contribution in [-0.2, 0) is 0 Å². The Morgan fingerprint density at radius 1 is 0.541 bits per heavy atom. The van der Waals surface area contributed by atoms with Crippen molar-refractivity contribution in [2.24, 2.45) is 0 Å². The van der Waals surface area contributed by atoms with Crippen LogP contribution >= 0.6 is 0 Å². The molecule has 0 saturated heterocycles. The molecule has 7 rings (SSSR count). The molecule has 0 amide bonds. The first kappa shape index (κ1) is 21.5. The number of allylic oxidation sites excluding steroid dienone is 2. The van der Waals surface area contributed by atoms with Gasteiger partial charge in [-0.1, -0.05) is 103 Å². The van der Waals surface area contributed by atoms with E-state index in [-0.39, 0.29) is 6.04 Å². The fourth-order valence-electron chi connectivity index (χ4n) is 5.45. The van der Waals surface area contributed by atoms with Gasteiger partial charge >= 0.3 is 0 Å². The summed E-state index contributed by atoms with van der Waals surface area (Å²) in [6, 6.07) is 40.4. The fourth-order valence-corrected chi connectivity index (χ4v) is 5.45. The number of hydrogen-bond acceptors (Lipinski definition) is 3. The highest BCUT2D eigenvalue weighted by Gasteiger charge is 2.36. The van der Waals surface area contributed by atoms with E-state index in [9.17, 15) is 0 Å². The molecule has 0 radical (unpaired) electrons. The Bertz CT molecular complexity index is 1560. The van der Waals surface area contributed by atoms with Gasteiger partial charge in [0.2, 0.25) is 0 Å². The van der Waals surface area contributed by atoms with Gasteiger partial charge in [-0.25, -0.2) is 9.97 Å². The Morgan fingerprint density at radius 3 is 1.81 bits per heavy atom. The molecule has 1 aliphatic carbocycles. The van der Waals surface area contributed by atoms with Crippen molar-refractivity contribution in [3.63, 3.8) is 0 Å². The topological polar surface area (TPSA) is 29.0 Å². The second-order valence-electron chi connectivity index (χ2n) is 9.46. The van der Waals surface area contributed by atoms with Crippen molar-refractivity contribution in [2.45, 2.75) is 12.0 Å². The predicted octanol–water partition coefficient (Wildman–Crippen LogP) is 8.21. The van der Waals surface area contributed by atoms with Gasteiger partial charge in [0.1, 0.15) is 0 Å². The first-order chi connectivity index (χ1) is 18.3. The zero-order chi connectivity index (χ0) is 24.6. The Hall–Kier alpha value is -4.76. The molecule has 2 atom stereocenters. The molecule has 1 aromatic heterocycles. The maximum atomic E-state index is 4.98. The SMILES string of the molecule is C1=CC2c3ccccc3N(c3ccc(-c4nc(-c5ccccc5)cc(-c5ccccc5)n4)cc3)C2C=C1. The Morgan fingerprint density at radius 2 is 1.14 bits per heavy atom. The van der Waals surface area contributed by atoms with Crippen LogP contribution in [0.5, 0.6) is 0 Å². The van der Waals surface area contributed by atoms with Crippen LogP contribution in [-0.4, -0.2) is 16.0 Å². The van der Waals surface area contributed by atoms with Crippen LogP contribution in [0.2, 0.25) is 0 Å². The van der Waals surface area contributed by atoms with Gasteiger partial charge in [-0.2, -0.15) is 0 Å². The number of para-hydroxylation sites is 1. The van der Waals surface area contributed by atoms with E-state index in [0.717, 1.165) is 33.9 Å². The lowest BCUT2D eigenvalue weighted by Crippen LogP contribution is -2.28. The van der Waals surface area contributed by atoms with E-state index in [4.69, 9.17) is 9.97 Å². The molecule has 176 valence electrons. The normalized spacial score (nSPS) is 17.5. The Labute approximate surface area is 217 Å². The lowest BCUT2D eigenvalue weighted by atomic mass is 9.91. The summed E-state index contributed by atoms with van der Waals surface area (Å²) < 4.78 is 0. The summed E-state index contributed by atoms with van der Waals surface area (Å²) in [5, 5.41) is 0. The third-order valence-electron chi connectivity index (χ3n) is 7.23.